The van der Waals surface area contributed by atoms with Crippen LogP contribution in [0.1, 0.15) is 22.8 Å². The molecule has 0 aliphatic heterocycles. The zero-order valence-electron chi connectivity index (χ0n) is 22.0. The minimum Gasteiger partial charge on any atom is -0.493 e. The van der Waals surface area contributed by atoms with Crippen LogP contribution < -0.4 is 14.2 Å². The molecule has 0 fully saturated rings. The molecule has 0 N–H and O–H groups in total. The number of methoxy groups -OCH3 is 2. The molecular weight excluding hydrogens is 506 g/mol. The van der Waals surface area contributed by atoms with Crippen LogP contribution in [0.5, 0.6) is 17.2 Å². The molecule has 4 aromatic rings. The molecule has 1 atom stereocenters. The Morgan fingerprint density at radius 2 is 1.82 bits per heavy atom. The molecule has 2 heterocycles. The molecule has 5 rings (SSSR count). The standard InChI is InChI=1S/C29H29N3O5.ClH/c1-7-24(18-10-12-35-17-18)37-30-28-20-15-25(33-5)26(34-6)16-21(20)29-27(28)22-14-19(36-13-11-31(2)3)8-9-23(22)32(29)4;/h1,8-10,12,14-17,24H,11,13H2,2-6H3;1H/b30-28-;. The van der Waals surface area contributed by atoms with E-state index in [1.807, 2.05) is 39.3 Å². The van der Waals surface area contributed by atoms with Crippen molar-refractivity contribution in [3.05, 3.63) is 65.6 Å². The maximum Gasteiger partial charge on any atom is 0.215 e. The highest BCUT2D eigenvalue weighted by Gasteiger charge is 2.34. The molecule has 38 heavy (non-hydrogen) atoms. The number of halogens is 1. The van der Waals surface area contributed by atoms with Crippen LogP contribution in [0.2, 0.25) is 0 Å². The molecule has 0 radical (unpaired) electrons. The van der Waals surface area contributed by atoms with E-state index in [1.54, 1.807) is 32.8 Å². The van der Waals surface area contributed by atoms with Gasteiger partial charge >= 0.3 is 0 Å². The van der Waals surface area contributed by atoms with Gasteiger partial charge in [-0.2, -0.15) is 0 Å². The highest BCUT2D eigenvalue weighted by molar-refractivity contribution is 6.30. The third kappa shape index (κ3) is 4.67. The topological polar surface area (TPSA) is 70.6 Å². The fraction of sp³-hybridized carbons (Fsp3) is 0.276. The van der Waals surface area contributed by atoms with Crippen molar-refractivity contribution < 1.29 is 23.5 Å². The number of aromatic nitrogens is 1. The summed E-state index contributed by atoms with van der Waals surface area (Å²) < 4.78 is 24.6. The van der Waals surface area contributed by atoms with Crippen molar-refractivity contribution in [2.24, 2.45) is 12.2 Å². The van der Waals surface area contributed by atoms with Crippen LogP contribution in [0.15, 0.2) is 58.5 Å². The Morgan fingerprint density at radius 1 is 1.08 bits per heavy atom. The first-order valence-corrected chi connectivity index (χ1v) is 11.9. The molecule has 198 valence electrons. The van der Waals surface area contributed by atoms with Crippen molar-refractivity contribution in [2.45, 2.75) is 6.10 Å². The van der Waals surface area contributed by atoms with E-state index in [1.165, 1.54) is 0 Å². The van der Waals surface area contributed by atoms with Crippen LogP contribution in [-0.4, -0.2) is 56.6 Å². The number of terminal acetylenes is 1. The van der Waals surface area contributed by atoms with Crippen LogP contribution in [0.3, 0.4) is 0 Å². The second kappa shape index (κ2) is 11.1. The number of likely N-dealkylation sites (N-methyl/N-ethyl adjacent to an activating group) is 1. The van der Waals surface area contributed by atoms with Gasteiger partial charge in [-0.15, -0.1) is 18.8 Å². The number of ether oxygens (including phenoxy) is 3. The maximum atomic E-state index is 6.04. The number of aryl methyl sites for hydroxylation is 1. The summed E-state index contributed by atoms with van der Waals surface area (Å²) >= 11 is 0. The summed E-state index contributed by atoms with van der Waals surface area (Å²) in [5.41, 5.74) is 6.17. The number of rotatable bonds is 9. The van der Waals surface area contributed by atoms with E-state index in [9.17, 15) is 0 Å². The minimum atomic E-state index is -0.696. The number of nitrogens with zero attached hydrogens (tertiary/aromatic N) is 3. The molecule has 2 aromatic heterocycles. The zero-order chi connectivity index (χ0) is 26.1. The van der Waals surface area contributed by atoms with Gasteiger partial charge in [0, 0.05) is 46.7 Å². The number of fused-ring (bicyclic) bond motifs is 5. The fourth-order valence-corrected chi connectivity index (χ4v) is 4.63. The summed E-state index contributed by atoms with van der Waals surface area (Å²) in [5, 5.41) is 5.61. The van der Waals surface area contributed by atoms with Gasteiger partial charge in [0.1, 0.15) is 18.1 Å². The molecule has 1 aliphatic rings. The summed E-state index contributed by atoms with van der Waals surface area (Å²) in [4.78, 5) is 8.00. The Bertz CT molecular complexity index is 1520. The monoisotopic (exact) mass is 535 g/mol. The first-order chi connectivity index (χ1) is 18.0. The van der Waals surface area contributed by atoms with Gasteiger partial charge in [-0.1, -0.05) is 11.1 Å². The first-order valence-electron chi connectivity index (χ1n) is 11.9. The third-order valence-corrected chi connectivity index (χ3v) is 6.50. The smallest absolute Gasteiger partial charge is 0.215 e. The SMILES string of the molecule is C#CC(O/N=C1/c2cc(OC)c(OC)cc2-c2c1c1cc(OCCN(C)C)ccc1n2C)c1ccoc1.Cl. The van der Waals surface area contributed by atoms with Gasteiger partial charge < -0.3 is 32.9 Å². The van der Waals surface area contributed by atoms with Gasteiger partial charge in [-0.05, 0) is 50.5 Å². The van der Waals surface area contributed by atoms with E-state index in [0.29, 0.717) is 29.4 Å². The van der Waals surface area contributed by atoms with Crippen molar-refractivity contribution in [1.82, 2.24) is 9.47 Å². The fourth-order valence-electron chi connectivity index (χ4n) is 4.63. The number of benzene rings is 2. The van der Waals surface area contributed by atoms with Gasteiger partial charge in [0.2, 0.25) is 6.10 Å². The maximum absolute atomic E-state index is 6.04. The number of hydrogen-bond acceptors (Lipinski definition) is 7. The van der Waals surface area contributed by atoms with E-state index in [4.69, 9.17) is 29.9 Å². The summed E-state index contributed by atoms with van der Waals surface area (Å²) in [6.45, 7) is 1.40. The predicted octanol–water partition coefficient (Wildman–Crippen LogP) is 5.27. The molecule has 0 spiro atoms. The average molecular weight is 536 g/mol. The molecule has 1 aliphatic carbocycles. The van der Waals surface area contributed by atoms with Crippen LogP contribution >= 0.6 is 12.4 Å². The molecule has 0 bridgehead atoms. The highest BCUT2D eigenvalue weighted by atomic mass is 35.5. The van der Waals surface area contributed by atoms with Crippen molar-refractivity contribution in [1.29, 1.82) is 0 Å². The average Bonchev–Trinajstić information content (AvgIpc) is 3.60. The lowest BCUT2D eigenvalue weighted by Crippen LogP contribution is -2.19. The van der Waals surface area contributed by atoms with Crippen molar-refractivity contribution in [3.8, 4) is 40.8 Å². The molecule has 0 amide bonds. The largest absolute Gasteiger partial charge is 0.493 e. The van der Waals surface area contributed by atoms with Crippen LogP contribution in [0.4, 0.5) is 0 Å². The van der Waals surface area contributed by atoms with Crippen LogP contribution in [-0.2, 0) is 11.9 Å². The van der Waals surface area contributed by atoms with Gasteiger partial charge in [-0.25, -0.2) is 0 Å². The van der Waals surface area contributed by atoms with E-state index >= 15 is 0 Å². The number of hydrogen-bond donors (Lipinski definition) is 0. The minimum absolute atomic E-state index is 0. The second-order valence-corrected chi connectivity index (χ2v) is 9.01. The number of furan rings is 1. The Kier molecular flexibility index (Phi) is 7.91. The highest BCUT2D eigenvalue weighted by Crippen LogP contribution is 2.47. The molecule has 0 saturated heterocycles. The lowest BCUT2D eigenvalue weighted by molar-refractivity contribution is 0.0996. The molecule has 1 unspecified atom stereocenters. The van der Waals surface area contributed by atoms with E-state index in [-0.39, 0.29) is 12.4 Å². The normalized spacial score (nSPS) is 13.6. The van der Waals surface area contributed by atoms with Crippen molar-refractivity contribution in [2.75, 3.05) is 41.5 Å². The molecule has 2 aromatic carbocycles. The molecule has 0 saturated carbocycles. The molecular formula is C29H30ClN3O5. The second-order valence-electron chi connectivity index (χ2n) is 9.01. The van der Waals surface area contributed by atoms with E-state index < -0.39 is 6.10 Å². The summed E-state index contributed by atoms with van der Waals surface area (Å²) in [7, 11) is 9.31. The quantitative estimate of drug-likeness (QED) is 0.189. The van der Waals surface area contributed by atoms with Crippen LogP contribution in [0.25, 0.3) is 22.2 Å². The lowest BCUT2D eigenvalue weighted by Gasteiger charge is -2.13. The van der Waals surface area contributed by atoms with E-state index in [2.05, 4.69) is 32.7 Å². The van der Waals surface area contributed by atoms with Gasteiger partial charge in [0.05, 0.1) is 32.4 Å². The molecule has 9 heteroatoms. The van der Waals surface area contributed by atoms with Crippen LogP contribution in [0, 0.1) is 12.3 Å². The first kappa shape index (κ1) is 27.0. The third-order valence-electron chi connectivity index (χ3n) is 6.50. The predicted molar refractivity (Wildman–Crippen MR) is 150 cm³/mol. The van der Waals surface area contributed by atoms with Gasteiger partial charge in [0.15, 0.2) is 11.5 Å². The van der Waals surface area contributed by atoms with Crippen molar-refractivity contribution >= 4 is 29.0 Å². The zero-order valence-corrected chi connectivity index (χ0v) is 22.8. The van der Waals surface area contributed by atoms with Gasteiger partial charge in [0.25, 0.3) is 0 Å². The number of oxime groups is 1. The summed E-state index contributed by atoms with van der Waals surface area (Å²) in [5.74, 6) is 4.65. The Labute approximate surface area is 228 Å². The van der Waals surface area contributed by atoms with Crippen molar-refractivity contribution in [3.63, 3.8) is 0 Å². The van der Waals surface area contributed by atoms with Gasteiger partial charge in [-0.3, -0.25) is 0 Å². The Morgan fingerprint density at radius 3 is 2.45 bits per heavy atom. The summed E-state index contributed by atoms with van der Waals surface area (Å²) in [6.07, 6.45) is 8.17. The lowest BCUT2D eigenvalue weighted by atomic mass is 10.1. The molecule has 8 nitrogen and oxygen atoms in total. The Balaban J connectivity index is 0.00000336. The summed E-state index contributed by atoms with van der Waals surface area (Å²) in [6, 6.07) is 11.8. The van der Waals surface area contributed by atoms with E-state index in [0.717, 1.165) is 45.6 Å². The Hall–Kier alpha value is -4.06.